The molecule has 0 N–H and O–H groups in total. The van der Waals surface area contributed by atoms with Crippen molar-refractivity contribution in [2.24, 2.45) is 0 Å². The lowest BCUT2D eigenvalue weighted by molar-refractivity contribution is 0.112. The third kappa shape index (κ3) is 2.03. The van der Waals surface area contributed by atoms with Gasteiger partial charge in [-0.1, -0.05) is 6.07 Å². The zero-order valence-corrected chi connectivity index (χ0v) is 12.2. The van der Waals surface area contributed by atoms with Crippen molar-refractivity contribution >= 4 is 64.8 Å². The summed E-state index contributed by atoms with van der Waals surface area (Å²) in [6, 6.07) is 7.73. The van der Waals surface area contributed by atoms with Crippen molar-refractivity contribution in [3.05, 3.63) is 43.2 Å². The molecule has 0 radical (unpaired) electrons. The van der Waals surface area contributed by atoms with Gasteiger partial charge in [0.05, 0.1) is 0 Å². The van der Waals surface area contributed by atoms with Gasteiger partial charge in [-0.3, -0.25) is 4.79 Å². The Bertz CT molecular complexity index is 549. The Morgan fingerprint density at radius 3 is 2.33 bits per heavy atom. The molecule has 0 fully saturated rings. The van der Waals surface area contributed by atoms with Gasteiger partial charge < -0.3 is 0 Å². The first-order chi connectivity index (χ1) is 7.13. The highest BCUT2D eigenvalue weighted by atomic mass is 79.9. The molecule has 15 heavy (non-hydrogen) atoms. The van der Waals surface area contributed by atoms with E-state index in [1.165, 1.54) is 0 Å². The highest BCUT2D eigenvalue weighted by molar-refractivity contribution is 9.13. The number of hydrogen-bond donors (Lipinski definition) is 0. The van der Waals surface area contributed by atoms with Crippen molar-refractivity contribution in [2.45, 2.75) is 0 Å². The molecule has 0 unspecified atom stereocenters. The van der Waals surface area contributed by atoms with E-state index in [0.717, 1.165) is 30.5 Å². The van der Waals surface area contributed by atoms with Gasteiger partial charge >= 0.3 is 0 Å². The molecular formula is C11H5Br3O. The summed E-state index contributed by atoms with van der Waals surface area (Å²) in [7, 11) is 0. The molecule has 0 aliphatic rings. The van der Waals surface area contributed by atoms with E-state index in [0.29, 0.717) is 5.56 Å². The molecule has 0 aromatic heterocycles. The Labute approximate surface area is 112 Å². The monoisotopic (exact) mass is 390 g/mol. The van der Waals surface area contributed by atoms with Crippen LogP contribution in [0.5, 0.6) is 0 Å². The van der Waals surface area contributed by atoms with Crippen LogP contribution in [0.4, 0.5) is 0 Å². The van der Waals surface area contributed by atoms with E-state index < -0.39 is 0 Å². The Kier molecular flexibility index (Phi) is 3.28. The van der Waals surface area contributed by atoms with Crippen LogP contribution in [-0.4, -0.2) is 6.29 Å². The molecule has 0 atom stereocenters. The number of fused-ring (bicyclic) bond motifs is 1. The molecule has 1 nitrogen and oxygen atoms in total. The molecule has 76 valence electrons. The first-order valence-corrected chi connectivity index (χ1v) is 6.54. The number of halogens is 3. The van der Waals surface area contributed by atoms with E-state index in [9.17, 15) is 4.79 Å². The van der Waals surface area contributed by atoms with Crippen molar-refractivity contribution < 1.29 is 4.79 Å². The number of aldehydes is 1. The molecule has 2 aromatic carbocycles. The van der Waals surface area contributed by atoms with Crippen LogP contribution in [0, 0.1) is 0 Å². The van der Waals surface area contributed by atoms with Crippen LogP contribution in [0.25, 0.3) is 10.8 Å². The van der Waals surface area contributed by atoms with Crippen LogP contribution in [0.1, 0.15) is 10.4 Å². The van der Waals surface area contributed by atoms with Gasteiger partial charge in [-0.2, -0.15) is 0 Å². The summed E-state index contributed by atoms with van der Waals surface area (Å²) >= 11 is 10.3. The Hall–Kier alpha value is -0.190. The summed E-state index contributed by atoms with van der Waals surface area (Å²) < 4.78 is 2.81. The highest BCUT2D eigenvalue weighted by Gasteiger charge is 2.06. The molecule has 2 rings (SSSR count). The maximum Gasteiger partial charge on any atom is 0.151 e. The minimum atomic E-state index is 0.664. The largest absolute Gasteiger partial charge is 0.298 e. The predicted octanol–water partition coefficient (Wildman–Crippen LogP) is 4.94. The van der Waals surface area contributed by atoms with Gasteiger partial charge in [0.15, 0.2) is 6.29 Å². The number of rotatable bonds is 1. The van der Waals surface area contributed by atoms with E-state index in [1.54, 1.807) is 6.07 Å². The van der Waals surface area contributed by atoms with Crippen molar-refractivity contribution in [1.29, 1.82) is 0 Å². The molecule has 0 saturated carbocycles. The van der Waals surface area contributed by atoms with E-state index >= 15 is 0 Å². The Morgan fingerprint density at radius 2 is 1.67 bits per heavy atom. The molecule has 4 heteroatoms. The van der Waals surface area contributed by atoms with Crippen molar-refractivity contribution in [3.63, 3.8) is 0 Å². The molecule has 0 amide bonds. The van der Waals surface area contributed by atoms with E-state index in [4.69, 9.17) is 0 Å². The number of carbonyl (C=O) groups is 1. The summed E-state index contributed by atoms with van der Waals surface area (Å²) in [6.45, 7) is 0. The average molecular weight is 393 g/mol. The van der Waals surface area contributed by atoms with Gasteiger partial charge in [-0.25, -0.2) is 0 Å². The van der Waals surface area contributed by atoms with Crippen LogP contribution >= 0.6 is 47.8 Å². The molecule has 0 aliphatic carbocycles. The van der Waals surface area contributed by atoms with Crippen LogP contribution in [0.15, 0.2) is 37.7 Å². The van der Waals surface area contributed by atoms with E-state index in [-0.39, 0.29) is 0 Å². The molecule has 2 aromatic rings. The fourth-order valence-electron chi connectivity index (χ4n) is 1.39. The third-order valence-corrected chi connectivity index (χ3v) is 4.88. The zero-order chi connectivity index (χ0) is 11.0. The van der Waals surface area contributed by atoms with Gasteiger partial charge in [-0.05, 0) is 76.8 Å². The van der Waals surface area contributed by atoms with Gasteiger partial charge in [0.2, 0.25) is 0 Å². The molecule has 0 heterocycles. The smallest absolute Gasteiger partial charge is 0.151 e. The lowest BCUT2D eigenvalue weighted by Crippen LogP contribution is -1.85. The SMILES string of the molecule is O=Cc1ccc2cc(Br)c(Br)cc2c1Br. The van der Waals surface area contributed by atoms with Crippen molar-refractivity contribution in [1.82, 2.24) is 0 Å². The Morgan fingerprint density at radius 1 is 1.00 bits per heavy atom. The van der Waals surface area contributed by atoms with Gasteiger partial charge in [-0.15, -0.1) is 0 Å². The second-order valence-electron chi connectivity index (χ2n) is 3.07. The van der Waals surface area contributed by atoms with Crippen molar-refractivity contribution in [2.75, 3.05) is 0 Å². The topological polar surface area (TPSA) is 17.1 Å². The first-order valence-electron chi connectivity index (χ1n) is 4.16. The Balaban J connectivity index is 2.87. The fourth-order valence-corrected chi connectivity index (χ4v) is 2.66. The summed E-state index contributed by atoms with van der Waals surface area (Å²) in [5.41, 5.74) is 0.664. The average Bonchev–Trinajstić information content (AvgIpc) is 2.22. The van der Waals surface area contributed by atoms with E-state index in [1.807, 2.05) is 18.2 Å². The quantitative estimate of drug-likeness (QED) is 0.628. The third-order valence-electron chi connectivity index (χ3n) is 2.15. The van der Waals surface area contributed by atoms with Crippen molar-refractivity contribution in [3.8, 4) is 0 Å². The van der Waals surface area contributed by atoms with E-state index in [2.05, 4.69) is 47.8 Å². The molecule has 0 aliphatic heterocycles. The lowest BCUT2D eigenvalue weighted by Gasteiger charge is -2.05. The molecule has 0 spiro atoms. The fraction of sp³-hybridized carbons (Fsp3) is 0. The maximum absolute atomic E-state index is 10.8. The van der Waals surface area contributed by atoms with Crippen LogP contribution in [0.2, 0.25) is 0 Å². The van der Waals surface area contributed by atoms with Crippen LogP contribution in [0.3, 0.4) is 0 Å². The van der Waals surface area contributed by atoms with Crippen LogP contribution in [-0.2, 0) is 0 Å². The summed E-state index contributed by atoms with van der Waals surface area (Å²) in [5, 5.41) is 2.11. The minimum Gasteiger partial charge on any atom is -0.298 e. The predicted molar refractivity (Wildman–Crippen MR) is 72.4 cm³/mol. The van der Waals surface area contributed by atoms with Gasteiger partial charge in [0, 0.05) is 19.0 Å². The second-order valence-corrected chi connectivity index (χ2v) is 5.58. The number of hydrogen-bond acceptors (Lipinski definition) is 1. The highest BCUT2D eigenvalue weighted by Crippen LogP contribution is 2.33. The lowest BCUT2D eigenvalue weighted by atomic mass is 10.1. The summed E-state index contributed by atoms with van der Waals surface area (Å²) in [4.78, 5) is 10.8. The molecule has 0 saturated heterocycles. The molecular weight excluding hydrogens is 388 g/mol. The summed E-state index contributed by atoms with van der Waals surface area (Å²) in [6.07, 6.45) is 0.847. The second kappa shape index (κ2) is 4.36. The molecule has 0 bridgehead atoms. The number of benzene rings is 2. The summed E-state index contributed by atoms with van der Waals surface area (Å²) in [5.74, 6) is 0. The normalized spacial score (nSPS) is 10.6. The van der Waals surface area contributed by atoms with Gasteiger partial charge in [0.1, 0.15) is 0 Å². The number of carbonyl (C=O) groups excluding carboxylic acids is 1. The first kappa shape index (κ1) is 11.3. The standard InChI is InChI=1S/C11H5Br3O/c12-9-3-6-1-2-7(5-15)11(14)8(6)4-10(9)13/h1-5H. The van der Waals surface area contributed by atoms with Gasteiger partial charge in [0.25, 0.3) is 0 Å². The zero-order valence-electron chi connectivity index (χ0n) is 7.43. The minimum absolute atomic E-state index is 0.664. The van der Waals surface area contributed by atoms with Crippen LogP contribution < -0.4 is 0 Å². The maximum atomic E-state index is 10.8.